The van der Waals surface area contributed by atoms with Crippen molar-refractivity contribution in [3.8, 4) is 0 Å². The van der Waals surface area contributed by atoms with Crippen LogP contribution in [0, 0.1) is 6.92 Å². The van der Waals surface area contributed by atoms with E-state index in [1.54, 1.807) is 27.7 Å². The van der Waals surface area contributed by atoms with Crippen LogP contribution in [0.4, 0.5) is 10.5 Å². The standard InChI is InChI=1S/C19H32N4O4S/c1-14-16(22-17(24)27-18(2,3)4)15(8-10-20-14)28(25,26)21-11-13-23-12-7-9-19(23,5)6/h8,10,21H,7,9,11-13H2,1-6H3,(H,22,24). The number of likely N-dealkylation sites (tertiary alicyclic amines) is 1. The molecule has 0 aromatic carbocycles. The van der Waals surface area contributed by atoms with E-state index in [0.29, 0.717) is 18.8 Å². The van der Waals surface area contributed by atoms with Crippen LogP contribution in [0.15, 0.2) is 17.2 Å². The first-order valence-electron chi connectivity index (χ1n) is 9.52. The topological polar surface area (TPSA) is 101 Å². The van der Waals surface area contributed by atoms with Gasteiger partial charge in [0.05, 0.1) is 11.4 Å². The molecule has 2 N–H and O–H groups in total. The lowest BCUT2D eigenvalue weighted by Crippen LogP contribution is -2.43. The Morgan fingerprint density at radius 3 is 2.61 bits per heavy atom. The van der Waals surface area contributed by atoms with Crippen molar-refractivity contribution >= 4 is 21.8 Å². The van der Waals surface area contributed by atoms with Crippen LogP contribution in [0.25, 0.3) is 0 Å². The third-order valence-corrected chi connectivity index (χ3v) is 6.27. The number of sulfonamides is 1. The largest absolute Gasteiger partial charge is 0.444 e. The van der Waals surface area contributed by atoms with Crippen LogP contribution in [-0.4, -0.2) is 55.2 Å². The molecule has 0 saturated carbocycles. The first kappa shape index (κ1) is 22.6. The fourth-order valence-corrected chi connectivity index (χ4v) is 4.52. The van der Waals surface area contributed by atoms with Gasteiger partial charge in [0.1, 0.15) is 10.5 Å². The summed E-state index contributed by atoms with van der Waals surface area (Å²) in [5, 5.41) is 2.53. The Kier molecular flexibility index (Phi) is 6.73. The van der Waals surface area contributed by atoms with Gasteiger partial charge in [0, 0.05) is 24.8 Å². The molecule has 1 aliphatic rings. The molecule has 1 saturated heterocycles. The molecular formula is C19H32N4O4S. The molecule has 158 valence electrons. The van der Waals surface area contributed by atoms with Crippen LogP contribution < -0.4 is 10.0 Å². The van der Waals surface area contributed by atoms with E-state index in [2.05, 4.69) is 33.8 Å². The fraction of sp³-hybridized carbons (Fsp3) is 0.684. The second kappa shape index (κ2) is 8.34. The van der Waals surface area contributed by atoms with Gasteiger partial charge in [-0.25, -0.2) is 17.9 Å². The molecule has 1 aromatic heterocycles. The Labute approximate surface area is 168 Å². The minimum atomic E-state index is -3.82. The monoisotopic (exact) mass is 412 g/mol. The molecule has 0 atom stereocenters. The number of amides is 1. The molecule has 8 nitrogen and oxygen atoms in total. The first-order chi connectivity index (χ1) is 12.8. The van der Waals surface area contributed by atoms with Crippen molar-refractivity contribution in [3.05, 3.63) is 18.0 Å². The highest BCUT2D eigenvalue weighted by atomic mass is 32.2. The number of nitrogens with zero attached hydrogens (tertiary/aromatic N) is 2. The van der Waals surface area contributed by atoms with Gasteiger partial charge in [-0.05, 0) is 67.0 Å². The summed E-state index contributed by atoms with van der Waals surface area (Å²) >= 11 is 0. The minimum absolute atomic E-state index is 0.0217. The Balaban J connectivity index is 2.12. The molecule has 1 amide bonds. The average molecular weight is 413 g/mol. The van der Waals surface area contributed by atoms with Gasteiger partial charge in [0.15, 0.2) is 0 Å². The van der Waals surface area contributed by atoms with E-state index in [9.17, 15) is 13.2 Å². The van der Waals surface area contributed by atoms with Crippen molar-refractivity contribution in [2.24, 2.45) is 0 Å². The highest BCUT2D eigenvalue weighted by Crippen LogP contribution is 2.28. The van der Waals surface area contributed by atoms with Crippen molar-refractivity contribution in [2.75, 3.05) is 25.0 Å². The van der Waals surface area contributed by atoms with E-state index in [1.807, 2.05) is 0 Å². The summed E-state index contributed by atoms with van der Waals surface area (Å²) in [6.45, 7) is 13.1. The molecule has 0 unspecified atom stereocenters. The number of aryl methyl sites for hydroxylation is 1. The highest BCUT2D eigenvalue weighted by molar-refractivity contribution is 7.89. The van der Waals surface area contributed by atoms with Gasteiger partial charge in [-0.3, -0.25) is 15.2 Å². The molecule has 28 heavy (non-hydrogen) atoms. The van der Waals surface area contributed by atoms with E-state index < -0.39 is 21.7 Å². The number of pyridine rings is 1. The molecular weight excluding hydrogens is 380 g/mol. The second-order valence-electron chi connectivity index (χ2n) is 8.70. The van der Waals surface area contributed by atoms with Crippen LogP contribution in [0.5, 0.6) is 0 Å². The summed E-state index contributed by atoms with van der Waals surface area (Å²) in [7, 11) is -3.82. The normalized spacial score (nSPS) is 17.5. The molecule has 1 fully saturated rings. The molecule has 0 spiro atoms. The Bertz CT molecular complexity index is 816. The first-order valence-corrected chi connectivity index (χ1v) is 11.0. The molecule has 2 heterocycles. The van der Waals surface area contributed by atoms with Crippen molar-refractivity contribution in [1.29, 1.82) is 0 Å². The lowest BCUT2D eigenvalue weighted by atomic mass is 10.0. The van der Waals surface area contributed by atoms with E-state index >= 15 is 0 Å². The maximum atomic E-state index is 12.9. The second-order valence-corrected chi connectivity index (χ2v) is 10.4. The molecule has 1 aliphatic heterocycles. The van der Waals surface area contributed by atoms with Crippen LogP contribution >= 0.6 is 0 Å². The van der Waals surface area contributed by atoms with E-state index in [1.165, 1.54) is 12.3 Å². The minimum Gasteiger partial charge on any atom is -0.444 e. The molecule has 0 bridgehead atoms. The maximum Gasteiger partial charge on any atom is 0.412 e. The predicted octanol–water partition coefficient (Wildman–Crippen LogP) is 2.89. The summed E-state index contributed by atoms with van der Waals surface area (Å²) < 4.78 is 33.6. The predicted molar refractivity (Wildman–Crippen MR) is 109 cm³/mol. The Morgan fingerprint density at radius 2 is 2.04 bits per heavy atom. The number of aromatic nitrogens is 1. The smallest absolute Gasteiger partial charge is 0.412 e. The lowest BCUT2D eigenvalue weighted by molar-refractivity contribution is 0.0635. The van der Waals surface area contributed by atoms with Gasteiger partial charge < -0.3 is 4.74 Å². The number of anilines is 1. The summed E-state index contributed by atoms with van der Waals surface area (Å²) in [6.07, 6.45) is 2.91. The molecule has 0 aliphatic carbocycles. The summed E-state index contributed by atoms with van der Waals surface area (Å²) in [5.74, 6) is 0. The summed E-state index contributed by atoms with van der Waals surface area (Å²) in [6, 6.07) is 1.38. The lowest BCUT2D eigenvalue weighted by Gasteiger charge is -2.31. The summed E-state index contributed by atoms with van der Waals surface area (Å²) in [4.78, 5) is 18.5. The van der Waals surface area contributed by atoms with Crippen LogP contribution in [0.2, 0.25) is 0 Å². The maximum absolute atomic E-state index is 12.9. The van der Waals surface area contributed by atoms with Gasteiger partial charge in [0.2, 0.25) is 10.0 Å². The van der Waals surface area contributed by atoms with Gasteiger partial charge >= 0.3 is 6.09 Å². The number of ether oxygens (including phenoxy) is 1. The van der Waals surface area contributed by atoms with Gasteiger partial charge in [0.25, 0.3) is 0 Å². The average Bonchev–Trinajstić information content (AvgIpc) is 2.86. The Hall–Kier alpha value is -1.71. The number of carbonyl (C=O) groups excluding carboxylic acids is 1. The highest BCUT2D eigenvalue weighted by Gasteiger charge is 2.31. The van der Waals surface area contributed by atoms with Crippen molar-refractivity contribution in [1.82, 2.24) is 14.6 Å². The zero-order valence-electron chi connectivity index (χ0n) is 17.6. The van der Waals surface area contributed by atoms with Gasteiger partial charge in [-0.15, -0.1) is 0 Å². The zero-order valence-corrected chi connectivity index (χ0v) is 18.4. The van der Waals surface area contributed by atoms with Crippen molar-refractivity contribution in [2.45, 2.75) is 70.4 Å². The van der Waals surface area contributed by atoms with E-state index in [0.717, 1.165) is 19.4 Å². The fourth-order valence-electron chi connectivity index (χ4n) is 3.30. The molecule has 0 radical (unpaired) electrons. The van der Waals surface area contributed by atoms with Gasteiger partial charge in [-0.1, -0.05) is 0 Å². The summed E-state index contributed by atoms with van der Waals surface area (Å²) in [5.41, 5.74) is -0.0811. The molecule has 9 heteroatoms. The van der Waals surface area contributed by atoms with E-state index in [4.69, 9.17) is 4.74 Å². The quantitative estimate of drug-likeness (QED) is 0.745. The zero-order chi connectivity index (χ0) is 21.2. The number of nitrogens with one attached hydrogen (secondary N) is 2. The third-order valence-electron chi connectivity index (χ3n) is 4.76. The number of hydrogen-bond donors (Lipinski definition) is 2. The van der Waals surface area contributed by atoms with E-state index in [-0.39, 0.29) is 16.1 Å². The third kappa shape index (κ3) is 5.89. The van der Waals surface area contributed by atoms with Crippen LogP contribution in [0.1, 0.15) is 53.2 Å². The SMILES string of the molecule is Cc1nccc(S(=O)(=O)NCCN2CCCC2(C)C)c1NC(=O)OC(C)(C)C. The molecule has 1 aromatic rings. The van der Waals surface area contributed by atoms with Crippen molar-refractivity contribution in [3.63, 3.8) is 0 Å². The number of carbonyl (C=O) groups is 1. The molecule has 2 rings (SSSR count). The Morgan fingerprint density at radius 1 is 1.36 bits per heavy atom. The number of hydrogen-bond acceptors (Lipinski definition) is 6. The number of rotatable bonds is 6. The van der Waals surface area contributed by atoms with Gasteiger partial charge in [-0.2, -0.15) is 0 Å². The van der Waals surface area contributed by atoms with Crippen LogP contribution in [0.3, 0.4) is 0 Å². The van der Waals surface area contributed by atoms with Crippen LogP contribution in [-0.2, 0) is 14.8 Å². The van der Waals surface area contributed by atoms with Crippen molar-refractivity contribution < 1.29 is 17.9 Å².